The fraction of sp³-hybridized carbons (Fsp3) is 0.800. The van der Waals surface area contributed by atoms with Gasteiger partial charge >= 0.3 is 0 Å². The van der Waals surface area contributed by atoms with Crippen LogP contribution in [0, 0.1) is 0 Å². The largest absolute Gasteiger partial charge is 0.355 e. The number of hydrogen-bond acceptors (Lipinski definition) is 7. The standard InChI is InChI=1S/C15H27N7O2S2.HI/c1-3-13-18-15(25-19-13)21-10-8-20(9-11-21)14(16-2)17-5-7-22-6-4-12-26(22,23)24;/h3-12H2,1-2H3,(H,16,17);1H. The molecular weight excluding hydrogens is 501 g/mol. The number of nitrogens with zero attached hydrogens (tertiary/aromatic N) is 6. The number of halogens is 1. The second-order valence-corrected chi connectivity index (χ2v) is 9.18. The summed E-state index contributed by atoms with van der Waals surface area (Å²) in [6.45, 7) is 7.20. The Hall–Kier alpha value is -0.730. The van der Waals surface area contributed by atoms with Gasteiger partial charge in [-0.3, -0.25) is 4.99 Å². The van der Waals surface area contributed by atoms with Crippen molar-refractivity contribution >= 4 is 56.6 Å². The molecule has 1 aromatic rings. The van der Waals surface area contributed by atoms with Crippen LogP contribution in [0.1, 0.15) is 19.2 Å². The molecule has 154 valence electrons. The zero-order valence-electron chi connectivity index (χ0n) is 15.8. The molecule has 0 bridgehead atoms. The van der Waals surface area contributed by atoms with E-state index in [9.17, 15) is 8.42 Å². The second kappa shape index (κ2) is 10.2. The van der Waals surface area contributed by atoms with Gasteiger partial charge in [-0.25, -0.2) is 17.7 Å². The predicted molar refractivity (Wildman–Crippen MR) is 120 cm³/mol. The van der Waals surface area contributed by atoms with Crippen molar-refractivity contribution in [2.24, 2.45) is 4.99 Å². The molecule has 0 unspecified atom stereocenters. The molecule has 0 radical (unpaired) electrons. The average Bonchev–Trinajstić information content (AvgIpc) is 3.25. The molecule has 2 fully saturated rings. The van der Waals surface area contributed by atoms with E-state index in [1.807, 2.05) is 0 Å². The van der Waals surface area contributed by atoms with Gasteiger partial charge in [-0.05, 0) is 6.42 Å². The zero-order valence-corrected chi connectivity index (χ0v) is 19.8. The van der Waals surface area contributed by atoms with Crippen LogP contribution in [0.15, 0.2) is 4.99 Å². The lowest BCUT2D eigenvalue weighted by atomic mass is 10.3. The van der Waals surface area contributed by atoms with Crippen LogP contribution in [-0.4, -0.2) is 91.6 Å². The fourth-order valence-electron chi connectivity index (χ4n) is 3.19. The number of sulfonamides is 1. The lowest BCUT2D eigenvalue weighted by molar-refractivity contribution is 0.368. The maximum atomic E-state index is 11.8. The van der Waals surface area contributed by atoms with Crippen molar-refractivity contribution in [1.82, 2.24) is 23.9 Å². The van der Waals surface area contributed by atoms with Gasteiger partial charge in [0.2, 0.25) is 15.2 Å². The molecule has 0 aromatic carbocycles. The molecule has 2 aliphatic heterocycles. The summed E-state index contributed by atoms with van der Waals surface area (Å²) in [5.41, 5.74) is 0. The van der Waals surface area contributed by atoms with Crippen LogP contribution >= 0.6 is 35.5 Å². The summed E-state index contributed by atoms with van der Waals surface area (Å²) in [6, 6.07) is 0. The van der Waals surface area contributed by atoms with Crippen LogP contribution in [0.4, 0.5) is 5.13 Å². The van der Waals surface area contributed by atoms with Crippen LogP contribution in [0.3, 0.4) is 0 Å². The van der Waals surface area contributed by atoms with E-state index in [1.165, 1.54) is 11.5 Å². The highest BCUT2D eigenvalue weighted by Gasteiger charge is 2.28. The molecule has 1 aromatic heterocycles. The van der Waals surface area contributed by atoms with Crippen molar-refractivity contribution in [3.63, 3.8) is 0 Å². The second-order valence-electron chi connectivity index (χ2n) is 6.36. The van der Waals surface area contributed by atoms with Gasteiger partial charge in [-0.2, -0.15) is 4.37 Å². The fourth-order valence-corrected chi connectivity index (χ4v) is 5.52. The van der Waals surface area contributed by atoms with Crippen molar-refractivity contribution in [3.8, 4) is 0 Å². The van der Waals surface area contributed by atoms with E-state index >= 15 is 0 Å². The van der Waals surface area contributed by atoms with Crippen LogP contribution in [0.2, 0.25) is 0 Å². The Labute approximate surface area is 182 Å². The minimum absolute atomic E-state index is 0. The van der Waals surface area contributed by atoms with Gasteiger partial charge in [0.15, 0.2) is 5.96 Å². The number of rotatable bonds is 5. The number of aryl methyl sites for hydroxylation is 1. The number of guanidine groups is 1. The first-order valence-electron chi connectivity index (χ1n) is 9.04. The third kappa shape index (κ3) is 5.64. The third-order valence-electron chi connectivity index (χ3n) is 4.68. The normalized spacial score (nSPS) is 20.6. The van der Waals surface area contributed by atoms with E-state index < -0.39 is 10.0 Å². The van der Waals surface area contributed by atoms with E-state index in [-0.39, 0.29) is 29.7 Å². The van der Waals surface area contributed by atoms with E-state index in [4.69, 9.17) is 0 Å². The van der Waals surface area contributed by atoms with Gasteiger partial charge in [-0.1, -0.05) is 6.92 Å². The zero-order chi connectivity index (χ0) is 18.6. The summed E-state index contributed by atoms with van der Waals surface area (Å²) >= 11 is 1.46. The Kier molecular flexibility index (Phi) is 8.49. The summed E-state index contributed by atoms with van der Waals surface area (Å²) in [7, 11) is -1.27. The van der Waals surface area contributed by atoms with Crippen LogP contribution in [-0.2, 0) is 16.4 Å². The van der Waals surface area contributed by atoms with Crippen molar-refractivity contribution in [3.05, 3.63) is 5.82 Å². The summed E-state index contributed by atoms with van der Waals surface area (Å²) in [6.07, 6.45) is 1.59. The van der Waals surface area contributed by atoms with Gasteiger partial charge in [0.1, 0.15) is 5.82 Å². The maximum absolute atomic E-state index is 11.8. The van der Waals surface area contributed by atoms with E-state index in [0.29, 0.717) is 19.6 Å². The topological polar surface area (TPSA) is 94.0 Å². The summed E-state index contributed by atoms with van der Waals surface area (Å²) < 4.78 is 29.6. The van der Waals surface area contributed by atoms with Gasteiger partial charge in [0.25, 0.3) is 0 Å². The van der Waals surface area contributed by atoms with Crippen LogP contribution in [0.5, 0.6) is 0 Å². The number of hydrogen-bond donors (Lipinski definition) is 1. The number of nitrogens with one attached hydrogen (secondary N) is 1. The third-order valence-corrected chi connectivity index (χ3v) is 7.45. The van der Waals surface area contributed by atoms with Gasteiger partial charge in [0.05, 0.1) is 5.75 Å². The molecule has 3 heterocycles. The smallest absolute Gasteiger partial charge is 0.214 e. The molecule has 0 atom stereocenters. The highest BCUT2D eigenvalue weighted by Crippen LogP contribution is 2.19. The van der Waals surface area contributed by atoms with Gasteiger partial charge in [0, 0.05) is 70.8 Å². The quantitative estimate of drug-likeness (QED) is 0.337. The molecule has 12 heteroatoms. The minimum atomic E-state index is -3.03. The Morgan fingerprint density at radius 2 is 2.00 bits per heavy atom. The van der Waals surface area contributed by atoms with Crippen molar-refractivity contribution < 1.29 is 8.42 Å². The Bertz CT molecular complexity index is 732. The number of piperazine rings is 1. The molecule has 2 saturated heterocycles. The van der Waals surface area contributed by atoms with E-state index in [0.717, 1.165) is 55.9 Å². The molecule has 27 heavy (non-hydrogen) atoms. The predicted octanol–water partition coefficient (Wildman–Crippen LogP) is 0.451. The first-order valence-corrected chi connectivity index (χ1v) is 11.4. The number of aliphatic imine (C=N–C) groups is 1. The molecule has 9 nitrogen and oxygen atoms in total. The van der Waals surface area contributed by atoms with Crippen LogP contribution < -0.4 is 10.2 Å². The summed E-state index contributed by atoms with van der Waals surface area (Å²) in [5.74, 6) is 2.00. The SMILES string of the molecule is CCc1nsc(N2CCN(C(=NC)NCCN3CCCS3(=O)=O)CC2)n1.I. The van der Waals surface area contributed by atoms with Crippen molar-refractivity contribution in [1.29, 1.82) is 0 Å². The molecule has 3 rings (SSSR count). The Balaban J connectivity index is 0.00000261. The van der Waals surface area contributed by atoms with Crippen molar-refractivity contribution in [2.45, 2.75) is 19.8 Å². The lowest BCUT2D eigenvalue weighted by Gasteiger charge is -2.36. The maximum Gasteiger partial charge on any atom is 0.214 e. The minimum Gasteiger partial charge on any atom is -0.355 e. The summed E-state index contributed by atoms with van der Waals surface area (Å²) in [5, 5.41) is 4.29. The molecule has 2 aliphatic rings. The highest BCUT2D eigenvalue weighted by molar-refractivity contribution is 14.0. The van der Waals surface area contributed by atoms with Crippen LogP contribution in [0.25, 0.3) is 0 Å². The molecule has 1 N–H and O–H groups in total. The molecule has 0 spiro atoms. The summed E-state index contributed by atoms with van der Waals surface area (Å²) in [4.78, 5) is 13.4. The van der Waals surface area contributed by atoms with E-state index in [2.05, 4.69) is 36.4 Å². The number of aromatic nitrogens is 2. The first kappa shape index (κ1) is 22.6. The average molecular weight is 529 g/mol. The first-order chi connectivity index (χ1) is 12.5. The Morgan fingerprint density at radius 3 is 2.56 bits per heavy atom. The lowest BCUT2D eigenvalue weighted by Crippen LogP contribution is -2.53. The number of anilines is 1. The molecule has 0 saturated carbocycles. The molecule has 0 amide bonds. The van der Waals surface area contributed by atoms with Gasteiger partial charge < -0.3 is 15.1 Å². The van der Waals surface area contributed by atoms with Gasteiger partial charge in [-0.15, -0.1) is 24.0 Å². The molecular formula is C15H28IN7O2S2. The monoisotopic (exact) mass is 529 g/mol. The highest BCUT2D eigenvalue weighted by atomic mass is 127. The molecule has 0 aliphatic carbocycles. The Morgan fingerprint density at radius 1 is 1.26 bits per heavy atom. The van der Waals surface area contributed by atoms with E-state index in [1.54, 1.807) is 11.4 Å². The van der Waals surface area contributed by atoms with Crippen molar-refractivity contribution in [2.75, 3.05) is 63.5 Å².